The van der Waals surface area contributed by atoms with Gasteiger partial charge in [-0.2, -0.15) is 0 Å². The molecule has 3 aliphatic rings. The molecule has 1 N–H and O–H groups in total. The molecule has 2 aliphatic carbocycles. The van der Waals surface area contributed by atoms with Crippen molar-refractivity contribution in [2.75, 3.05) is 7.11 Å². The van der Waals surface area contributed by atoms with E-state index in [1.807, 2.05) is 53.1 Å². The number of nitrogens with zero attached hydrogens (tertiary/aromatic N) is 2. The van der Waals surface area contributed by atoms with Crippen LogP contribution in [-0.4, -0.2) is 28.5 Å². The molecule has 0 bridgehead atoms. The summed E-state index contributed by atoms with van der Waals surface area (Å²) < 4.78 is 7.86. The maximum Gasteiger partial charge on any atom is 0.341 e. The second kappa shape index (κ2) is 9.59. The zero-order valence-electron chi connectivity index (χ0n) is 20.3. The van der Waals surface area contributed by atoms with E-state index in [2.05, 4.69) is 11.2 Å². The molecule has 2 atom stereocenters. The zero-order valence-corrected chi connectivity index (χ0v) is 21.1. The first kappa shape index (κ1) is 23.6. The van der Waals surface area contributed by atoms with Crippen LogP contribution in [0.1, 0.15) is 52.0 Å². The zero-order chi connectivity index (χ0) is 25.5. The summed E-state index contributed by atoms with van der Waals surface area (Å²) in [5.41, 5.74) is 2.95. The molecule has 2 aromatic carbocycles. The van der Waals surface area contributed by atoms with Crippen LogP contribution in [0.5, 0.6) is 5.75 Å². The standard InChI is InChI=1S/C29H26N2O5S/c1-35-28-19(12-13-20-26(28)31(18-10-11-18)15-22(27(20)32)29(33)34)25-14-21-23(8-5-9-24(21)37-25)30-36-16-17-6-3-2-4-7-17/h2-9,12-13,15,18,21,25H,10-11,14,16H2,1H3,(H,33,34). The number of aromatic carboxylic acids is 1. The van der Waals surface area contributed by atoms with Crippen LogP contribution in [-0.2, 0) is 11.4 Å². The summed E-state index contributed by atoms with van der Waals surface area (Å²) in [5.74, 6) is -0.446. The Labute approximate surface area is 218 Å². The van der Waals surface area contributed by atoms with Gasteiger partial charge in [-0.3, -0.25) is 4.79 Å². The predicted octanol–water partition coefficient (Wildman–Crippen LogP) is 5.86. The summed E-state index contributed by atoms with van der Waals surface area (Å²) in [5, 5.41) is 14.5. The summed E-state index contributed by atoms with van der Waals surface area (Å²) >= 11 is 1.77. The first-order valence-electron chi connectivity index (χ1n) is 12.3. The fourth-order valence-electron chi connectivity index (χ4n) is 5.14. The molecule has 1 saturated heterocycles. The van der Waals surface area contributed by atoms with Crippen molar-refractivity contribution >= 4 is 34.3 Å². The minimum Gasteiger partial charge on any atom is -0.494 e. The molecule has 37 heavy (non-hydrogen) atoms. The van der Waals surface area contributed by atoms with E-state index < -0.39 is 11.4 Å². The summed E-state index contributed by atoms with van der Waals surface area (Å²) in [6.07, 6.45) is 10.3. The number of hydrogen-bond donors (Lipinski definition) is 1. The summed E-state index contributed by atoms with van der Waals surface area (Å²) in [7, 11) is 1.61. The molecular weight excluding hydrogens is 488 g/mol. The minimum absolute atomic E-state index is 0.0942. The molecule has 0 spiro atoms. The molecule has 3 aromatic rings. The monoisotopic (exact) mass is 514 g/mol. The van der Waals surface area contributed by atoms with Crippen molar-refractivity contribution in [2.24, 2.45) is 11.1 Å². The van der Waals surface area contributed by atoms with E-state index in [1.54, 1.807) is 24.9 Å². The van der Waals surface area contributed by atoms with Crippen molar-refractivity contribution in [2.45, 2.75) is 37.2 Å². The number of carbonyl (C=O) groups is 1. The number of oxime groups is 1. The molecule has 6 rings (SSSR count). The van der Waals surface area contributed by atoms with E-state index in [0.717, 1.165) is 36.1 Å². The fraction of sp³-hybridized carbons (Fsp3) is 0.276. The Kier molecular flexibility index (Phi) is 6.12. The molecule has 8 heteroatoms. The topological polar surface area (TPSA) is 90.1 Å². The van der Waals surface area contributed by atoms with Crippen LogP contribution in [0.2, 0.25) is 0 Å². The maximum absolute atomic E-state index is 13.0. The van der Waals surface area contributed by atoms with E-state index >= 15 is 0 Å². The van der Waals surface area contributed by atoms with Gasteiger partial charge in [-0.15, -0.1) is 11.8 Å². The molecule has 188 valence electrons. The van der Waals surface area contributed by atoms with Crippen LogP contribution in [0.3, 0.4) is 0 Å². The van der Waals surface area contributed by atoms with Crippen LogP contribution in [0, 0.1) is 5.92 Å². The van der Waals surface area contributed by atoms with Gasteiger partial charge in [0.1, 0.15) is 17.9 Å². The third-order valence-corrected chi connectivity index (χ3v) is 8.52. The predicted molar refractivity (Wildman–Crippen MR) is 144 cm³/mol. The second-order valence-corrected chi connectivity index (χ2v) is 10.8. The van der Waals surface area contributed by atoms with Crippen molar-refractivity contribution in [1.29, 1.82) is 0 Å². The lowest BCUT2D eigenvalue weighted by Crippen LogP contribution is -2.19. The Balaban J connectivity index is 1.33. The Morgan fingerprint density at radius 1 is 1.19 bits per heavy atom. The van der Waals surface area contributed by atoms with E-state index in [9.17, 15) is 14.7 Å². The van der Waals surface area contributed by atoms with Gasteiger partial charge in [0.05, 0.1) is 23.7 Å². The molecule has 1 saturated carbocycles. The number of thioether (sulfide) groups is 1. The van der Waals surface area contributed by atoms with Crippen LogP contribution < -0.4 is 10.2 Å². The average Bonchev–Trinajstić information content (AvgIpc) is 3.66. The van der Waals surface area contributed by atoms with Gasteiger partial charge in [-0.1, -0.05) is 53.7 Å². The van der Waals surface area contributed by atoms with Gasteiger partial charge in [0, 0.05) is 29.0 Å². The number of fused-ring (bicyclic) bond motifs is 2. The molecule has 0 radical (unpaired) electrons. The molecule has 7 nitrogen and oxygen atoms in total. The van der Waals surface area contributed by atoms with Crippen molar-refractivity contribution in [3.8, 4) is 5.75 Å². The Hall–Kier alpha value is -3.78. The highest BCUT2D eigenvalue weighted by Crippen LogP contribution is 2.55. The summed E-state index contributed by atoms with van der Waals surface area (Å²) in [6, 6.07) is 13.8. The maximum atomic E-state index is 13.0. The van der Waals surface area contributed by atoms with Gasteiger partial charge >= 0.3 is 5.97 Å². The smallest absolute Gasteiger partial charge is 0.341 e. The molecular formula is C29H26N2O5S. The lowest BCUT2D eigenvalue weighted by Gasteiger charge is -2.20. The van der Waals surface area contributed by atoms with Gasteiger partial charge in [-0.25, -0.2) is 4.79 Å². The van der Waals surface area contributed by atoms with Gasteiger partial charge in [0.2, 0.25) is 5.43 Å². The van der Waals surface area contributed by atoms with Crippen molar-refractivity contribution in [3.05, 3.63) is 98.7 Å². The first-order chi connectivity index (χ1) is 18.0. The van der Waals surface area contributed by atoms with Crippen LogP contribution >= 0.6 is 11.8 Å². The van der Waals surface area contributed by atoms with Crippen LogP contribution in [0.15, 0.2) is 81.7 Å². The molecule has 2 heterocycles. The number of aromatic nitrogens is 1. The molecule has 1 aliphatic heterocycles. The van der Waals surface area contributed by atoms with E-state index in [0.29, 0.717) is 23.3 Å². The SMILES string of the molecule is COc1c(C2CC3C(=CC=CC3=NOCc3ccccc3)S2)ccc2c(=O)c(C(=O)O)cn(C3CC3)c12. The highest BCUT2D eigenvalue weighted by molar-refractivity contribution is 8.03. The van der Waals surface area contributed by atoms with Crippen LogP contribution in [0.25, 0.3) is 10.9 Å². The van der Waals surface area contributed by atoms with Gasteiger partial charge in [-0.05, 0) is 41.9 Å². The number of benzene rings is 2. The number of pyridine rings is 1. The highest BCUT2D eigenvalue weighted by Gasteiger charge is 2.37. The van der Waals surface area contributed by atoms with Gasteiger partial charge in [0.15, 0.2) is 0 Å². The van der Waals surface area contributed by atoms with Gasteiger partial charge in [0.25, 0.3) is 0 Å². The lowest BCUT2D eigenvalue weighted by molar-refractivity contribution is 0.0695. The Morgan fingerprint density at radius 2 is 2.00 bits per heavy atom. The van der Waals surface area contributed by atoms with Crippen LogP contribution in [0.4, 0.5) is 0 Å². The highest BCUT2D eigenvalue weighted by atomic mass is 32.2. The molecule has 0 amide bonds. The van der Waals surface area contributed by atoms with E-state index in [4.69, 9.17) is 9.57 Å². The van der Waals surface area contributed by atoms with Crippen molar-refractivity contribution in [1.82, 2.24) is 4.57 Å². The number of allylic oxidation sites excluding steroid dienone is 4. The van der Waals surface area contributed by atoms with Crippen molar-refractivity contribution in [3.63, 3.8) is 0 Å². The minimum atomic E-state index is -1.21. The number of hydrogen-bond acceptors (Lipinski definition) is 6. The van der Waals surface area contributed by atoms with Crippen molar-refractivity contribution < 1.29 is 19.5 Å². The fourth-order valence-corrected chi connectivity index (χ4v) is 6.61. The Bertz CT molecular complexity index is 1540. The quantitative estimate of drug-likeness (QED) is 0.397. The first-order valence-corrected chi connectivity index (χ1v) is 13.2. The number of ether oxygens (including phenoxy) is 1. The third kappa shape index (κ3) is 4.35. The normalized spacial score (nSPS) is 21.6. The number of carboxylic acids is 1. The molecule has 1 aromatic heterocycles. The second-order valence-electron chi connectivity index (χ2n) is 9.50. The average molecular weight is 515 g/mol. The largest absolute Gasteiger partial charge is 0.494 e. The molecule has 2 unspecified atom stereocenters. The lowest BCUT2D eigenvalue weighted by atomic mass is 9.91. The third-order valence-electron chi connectivity index (χ3n) is 7.10. The van der Waals surface area contributed by atoms with E-state index in [-0.39, 0.29) is 22.8 Å². The number of rotatable bonds is 7. The Morgan fingerprint density at radius 3 is 2.73 bits per heavy atom. The summed E-state index contributed by atoms with van der Waals surface area (Å²) in [6.45, 7) is 0.413. The number of carboxylic acid groups (broad SMARTS) is 1. The number of methoxy groups -OCH3 is 1. The van der Waals surface area contributed by atoms with E-state index in [1.165, 1.54) is 11.1 Å². The van der Waals surface area contributed by atoms with Gasteiger partial charge < -0.3 is 19.2 Å². The molecule has 2 fully saturated rings. The summed E-state index contributed by atoms with van der Waals surface area (Å²) in [4.78, 5) is 31.7.